The summed E-state index contributed by atoms with van der Waals surface area (Å²) >= 11 is 0. The second-order valence-electron chi connectivity index (χ2n) is 20.8. The minimum absolute atomic E-state index is 0.0391. The Kier molecular flexibility index (Phi) is 9.25. The molecular formula is C38H78. The van der Waals surface area contributed by atoms with Gasteiger partial charge in [-0.05, 0) is 65.0 Å². The van der Waals surface area contributed by atoms with E-state index in [2.05, 4.69) is 180 Å². The molecule has 0 spiro atoms. The molecule has 0 heteroatoms. The molecule has 0 radical (unpaired) electrons. The van der Waals surface area contributed by atoms with Gasteiger partial charge in [-0.15, -0.1) is 0 Å². The molecule has 0 heterocycles. The van der Waals surface area contributed by atoms with Gasteiger partial charge in [-0.3, -0.25) is 0 Å². The fraction of sp³-hybridized carbons (Fsp3) is 1.00. The third kappa shape index (κ3) is 4.50. The first-order valence-electron chi connectivity index (χ1n) is 15.8. The van der Waals surface area contributed by atoms with Gasteiger partial charge in [-0.25, -0.2) is 0 Å². The fourth-order valence-electron chi connectivity index (χ4n) is 8.12. The molecule has 0 aliphatic rings. The molecule has 0 aromatic carbocycles. The Morgan fingerprint density at radius 2 is 0.211 bits per heavy atom. The van der Waals surface area contributed by atoms with Crippen molar-refractivity contribution >= 4 is 0 Å². The molecule has 0 unspecified atom stereocenters. The molecule has 0 saturated carbocycles. The van der Waals surface area contributed by atoms with Crippen LogP contribution < -0.4 is 0 Å². The van der Waals surface area contributed by atoms with Gasteiger partial charge >= 0.3 is 0 Å². The van der Waals surface area contributed by atoms with Crippen molar-refractivity contribution < 1.29 is 0 Å². The topological polar surface area (TPSA) is 0 Å². The van der Waals surface area contributed by atoms with E-state index in [0.29, 0.717) is 0 Å². The van der Waals surface area contributed by atoms with Crippen LogP contribution >= 0.6 is 0 Å². The molecule has 0 aliphatic carbocycles. The summed E-state index contributed by atoms with van der Waals surface area (Å²) in [5, 5.41) is 0. The van der Waals surface area contributed by atoms with Crippen molar-refractivity contribution in [3.05, 3.63) is 0 Å². The van der Waals surface area contributed by atoms with Crippen LogP contribution in [0.15, 0.2) is 0 Å². The van der Waals surface area contributed by atoms with Crippen molar-refractivity contribution in [1.82, 2.24) is 0 Å². The first kappa shape index (κ1) is 38.0. The molecule has 38 heavy (non-hydrogen) atoms. The largest absolute Gasteiger partial charge is 0.0596 e. The highest BCUT2D eigenvalue weighted by molar-refractivity contribution is 5.17. The smallest absolute Gasteiger partial charge is 0.0241 e. The Morgan fingerprint density at radius 1 is 0.132 bits per heavy atom. The summed E-state index contributed by atoms with van der Waals surface area (Å²) in [4.78, 5) is 0. The standard InChI is InChI=1S/C38H78/c1-27(2,3)29(7,8)31(11,12)33(15,16)35(19,20)37(23,24)38(25,26)36(21,22)34(17,18)32(13,14)30(9,10)28(4,5)6/h1-26H3. The lowest BCUT2D eigenvalue weighted by Gasteiger charge is -2.72. The fourth-order valence-corrected chi connectivity index (χ4v) is 8.12. The van der Waals surface area contributed by atoms with E-state index in [1.54, 1.807) is 0 Å². The second-order valence-corrected chi connectivity index (χ2v) is 20.8. The molecule has 0 aromatic heterocycles. The predicted octanol–water partition coefficient (Wildman–Crippen LogP) is 13.3. The second kappa shape index (κ2) is 9.25. The third-order valence-electron chi connectivity index (χ3n) is 17.8. The lowest BCUT2D eigenvalue weighted by molar-refractivity contribution is -0.244. The molecule has 0 atom stereocenters. The average Bonchev–Trinajstić information content (AvgIpc) is 2.64. The number of rotatable bonds is 9. The van der Waals surface area contributed by atoms with E-state index in [0.717, 1.165) is 0 Å². The van der Waals surface area contributed by atoms with Crippen LogP contribution in [-0.4, -0.2) is 0 Å². The van der Waals surface area contributed by atoms with E-state index in [1.807, 2.05) is 0 Å². The first-order chi connectivity index (χ1) is 15.8. The minimum Gasteiger partial charge on any atom is -0.0596 e. The van der Waals surface area contributed by atoms with Gasteiger partial charge in [0.25, 0.3) is 0 Å². The summed E-state index contributed by atoms with van der Waals surface area (Å²) in [7, 11) is 0. The molecule has 0 saturated heterocycles. The summed E-state index contributed by atoms with van der Waals surface area (Å²) in [6, 6.07) is 0. The van der Waals surface area contributed by atoms with Crippen LogP contribution in [0.3, 0.4) is 0 Å². The van der Waals surface area contributed by atoms with Crippen molar-refractivity contribution in [3.63, 3.8) is 0 Å². The molecule has 0 aromatic rings. The van der Waals surface area contributed by atoms with E-state index < -0.39 is 0 Å². The zero-order chi connectivity index (χ0) is 32.0. The van der Waals surface area contributed by atoms with Gasteiger partial charge in [-0.2, -0.15) is 0 Å². The van der Waals surface area contributed by atoms with E-state index >= 15 is 0 Å². The summed E-state index contributed by atoms with van der Waals surface area (Å²) in [5.41, 5.74) is 1.21. The van der Waals surface area contributed by atoms with Gasteiger partial charge in [0.05, 0.1) is 0 Å². The van der Waals surface area contributed by atoms with Crippen LogP contribution in [0, 0.1) is 65.0 Å². The van der Waals surface area contributed by atoms with Crippen LogP contribution in [0.5, 0.6) is 0 Å². The van der Waals surface area contributed by atoms with Crippen LogP contribution in [0.25, 0.3) is 0 Å². The molecule has 0 bridgehead atoms. The molecule has 230 valence electrons. The van der Waals surface area contributed by atoms with Crippen LogP contribution in [0.1, 0.15) is 180 Å². The Hall–Kier alpha value is 0. The number of hydrogen-bond donors (Lipinski definition) is 0. The minimum atomic E-state index is 0.0391. The lowest BCUT2D eigenvalue weighted by Crippen LogP contribution is -2.66. The first-order valence-corrected chi connectivity index (χ1v) is 15.8. The molecule has 0 aliphatic heterocycles. The zero-order valence-electron chi connectivity index (χ0n) is 32.0. The summed E-state index contributed by atoms with van der Waals surface area (Å²) in [6.45, 7) is 65.8. The highest BCUT2D eigenvalue weighted by atomic mass is 14.7. The Morgan fingerprint density at radius 3 is 0.289 bits per heavy atom. The van der Waals surface area contributed by atoms with E-state index in [9.17, 15) is 0 Å². The van der Waals surface area contributed by atoms with Gasteiger partial charge in [0.15, 0.2) is 0 Å². The Labute approximate surface area is 244 Å². The van der Waals surface area contributed by atoms with E-state index in [1.165, 1.54) is 0 Å². The van der Waals surface area contributed by atoms with E-state index in [4.69, 9.17) is 0 Å². The van der Waals surface area contributed by atoms with Crippen molar-refractivity contribution in [2.24, 2.45) is 65.0 Å². The van der Waals surface area contributed by atoms with E-state index in [-0.39, 0.29) is 65.0 Å². The van der Waals surface area contributed by atoms with Gasteiger partial charge < -0.3 is 0 Å². The Bertz CT molecular complexity index is 757. The van der Waals surface area contributed by atoms with Crippen LogP contribution in [0.2, 0.25) is 0 Å². The quantitative estimate of drug-likeness (QED) is 0.276. The van der Waals surface area contributed by atoms with Crippen molar-refractivity contribution in [2.75, 3.05) is 0 Å². The third-order valence-corrected chi connectivity index (χ3v) is 17.8. The van der Waals surface area contributed by atoms with Crippen molar-refractivity contribution in [3.8, 4) is 0 Å². The molecule has 0 amide bonds. The zero-order valence-corrected chi connectivity index (χ0v) is 32.0. The van der Waals surface area contributed by atoms with Gasteiger partial charge in [0.1, 0.15) is 0 Å². The molecular weight excluding hydrogens is 456 g/mol. The van der Waals surface area contributed by atoms with Gasteiger partial charge in [-0.1, -0.05) is 180 Å². The SMILES string of the molecule is CC(C)(C)C(C)(C)C(C)(C)C(C)(C)C(C)(C)C(C)(C)C(C)(C)C(C)(C)C(C)(C)C(C)(C)C(C)(C)C(C)(C)C. The lowest BCUT2D eigenvalue weighted by atomic mass is 9.32. The molecule has 0 N–H and O–H groups in total. The number of hydrogen-bond acceptors (Lipinski definition) is 0. The summed E-state index contributed by atoms with van der Waals surface area (Å²) in [6.07, 6.45) is 0. The van der Waals surface area contributed by atoms with Crippen molar-refractivity contribution in [2.45, 2.75) is 180 Å². The van der Waals surface area contributed by atoms with Crippen LogP contribution in [0.4, 0.5) is 0 Å². The maximum Gasteiger partial charge on any atom is -0.0241 e. The highest BCUT2D eigenvalue weighted by Gasteiger charge is 2.68. The van der Waals surface area contributed by atoms with Gasteiger partial charge in [0, 0.05) is 0 Å². The Balaban J connectivity index is 7.29. The predicted molar refractivity (Wildman–Crippen MR) is 177 cm³/mol. The highest BCUT2D eigenvalue weighted by Crippen LogP contribution is 2.75. The normalized spacial score (nSPS) is 17.2. The summed E-state index contributed by atoms with van der Waals surface area (Å²) < 4.78 is 0. The summed E-state index contributed by atoms with van der Waals surface area (Å²) in [5.74, 6) is 0. The molecule has 0 fully saturated rings. The van der Waals surface area contributed by atoms with Crippen molar-refractivity contribution in [1.29, 1.82) is 0 Å². The maximum atomic E-state index is 2.59. The van der Waals surface area contributed by atoms with Crippen LogP contribution in [-0.2, 0) is 0 Å². The maximum absolute atomic E-state index is 2.59. The molecule has 0 rings (SSSR count). The van der Waals surface area contributed by atoms with Gasteiger partial charge in [0.2, 0.25) is 0 Å². The monoisotopic (exact) mass is 535 g/mol. The molecule has 0 nitrogen and oxygen atoms in total. The average molecular weight is 535 g/mol.